The minimum absolute atomic E-state index is 0.0790. The van der Waals surface area contributed by atoms with E-state index in [1.54, 1.807) is 12.1 Å². The minimum atomic E-state index is 0.0790. The van der Waals surface area contributed by atoms with Crippen LogP contribution in [0.3, 0.4) is 0 Å². The van der Waals surface area contributed by atoms with Crippen molar-refractivity contribution in [3.8, 4) is 12.1 Å². The summed E-state index contributed by atoms with van der Waals surface area (Å²) in [6.45, 7) is 0. The summed E-state index contributed by atoms with van der Waals surface area (Å²) in [5.74, 6) is 0.0801. The van der Waals surface area contributed by atoms with Crippen LogP contribution in [0.4, 0.5) is 5.82 Å². The molecule has 6 heteroatoms. The van der Waals surface area contributed by atoms with E-state index in [4.69, 9.17) is 16.1 Å². The average Bonchev–Trinajstić information content (AvgIpc) is 2.47. The molecule has 0 aliphatic heterocycles. The molecule has 0 saturated heterocycles. The molecule has 1 heterocycles. The number of rotatable bonds is 1. The van der Waals surface area contributed by atoms with E-state index in [1.807, 2.05) is 0 Å². The molecule has 0 aromatic carbocycles. The highest BCUT2D eigenvalue weighted by Crippen LogP contribution is 2.19. The predicted molar refractivity (Wildman–Crippen MR) is 39.0 cm³/mol. The Hall–Kier alpha value is -2.43. The van der Waals surface area contributed by atoms with Gasteiger partial charge in [-0.15, -0.1) is 0 Å². The highest BCUT2D eigenvalue weighted by atomic mass is 15.2. The van der Waals surface area contributed by atoms with E-state index in [9.17, 15) is 0 Å². The van der Waals surface area contributed by atoms with Crippen molar-refractivity contribution in [2.45, 2.75) is 0 Å². The van der Waals surface area contributed by atoms with E-state index in [1.165, 1.54) is 6.20 Å². The molecular weight excluding hydrogens is 156 g/mol. The van der Waals surface area contributed by atoms with Crippen molar-refractivity contribution in [2.24, 2.45) is 5.11 Å². The van der Waals surface area contributed by atoms with Crippen LogP contribution in [0.15, 0.2) is 11.3 Å². The largest absolute Gasteiger partial charge is 0.357 e. The molecular formula is C6H2N6. The number of aromatic nitrogens is 1. The Morgan fingerprint density at radius 2 is 2.25 bits per heavy atom. The number of azide groups is 1. The number of nitrogens with one attached hydrogen (secondary N) is 1. The summed E-state index contributed by atoms with van der Waals surface area (Å²) in [6, 6.07) is 3.55. The summed E-state index contributed by atoms with van der Waals surface area (Å²) in [5, 5.41) is 20.2. The van der Waals surface area contributed by atoms with E-state index in [0.717, 1.165) is 0 Å². The van der Waals surface area contributed by atoms with Crippen LogP contribution in [0, 0.1) is 22.7 Å². The summed E-state index contributed by atoms with van der Waals surface area (Å²) in [7, 11) is 0. The molecule has 1 N–H and O–H groups in total. The van der Waals surface area contributed by atoms with Gasteiger partial charge < -0.3 is 4.98 Å². The smallest absolute Gasteiger partial charge is 0.121 e. The Morgan fingerprint density at radius 3 is 2.75 bits per heavy atom. The molecule has 0 saturated carbocycles. The van der Waals surface area contributed by atoms with Crippen molar-refractivity contribution in [3.05, 3.63) is 27.8 Å². The van der Waals surface area contributed by atoms with Crippen LogP contribution in [0.25, 0.3) is 10.4 Å². The van der Waals surface area contributed by atoms with Crippen LogP contribution in [-0.2, 0) is 0 Å². The maximum atomic E-state index is 8.54. The van der Waals surface area contributed by atoms with Gasteiger partial charge in [0.25, 0.3) is 0 Å². The van der Waals surface area contributed by atoms with Crippen molar-refractivity contribution in [1.82, 2.24) is 4.98 Å². The number of hydrogen-bond donors (Lipinski definition) is 1. The van der Waals surface area contributed by atoms with Gasteiger partial charge in [0.05, 0.1) is 11.1 Å². The summed E-state index contributed by atoms with van der Waals surface area (Å²) in [4.78, 5) is 5.01. The topological polar surface area (TPSA) is 112 Å². The molecule has 1 rings (SSSR count). The molecule has 1 aromatic rings. The van der Waals surface area contributed by atoms with Crippen molar-refractivity contribution in [3.63, 3.8) is 0 Å². The van der Waals surface area contributed by atoms with E-state index >= 15 is 0 Å². The Kier molecular flexibility index (Phi) is 1.99. The number of aromatic amines is 1. The van der Waals surface area contributed by atoms with Crippen LogP contribution in [0.5, 0.6) is 0 Å². The van der Waals surface area contributed by atoms with Crippen LogP contribution in [0.1, 0.15) is 11.1 Å². The molecule has 0 aliphatic rings. The fourth-order valence-electron chi connectivity index (χ4n) is 0.737. The second-order valence-electron chi connectivity index (χ2n) is 1.84. The monoisotopic (exact) mass is 158 g/mol. The van der Waals surface area contributed by atoms with Gasteiger partial charge in [0.2, 0.25) is 0 Å². The van der Waals surface area contributed by atoms with Gasteiger partial charge in [-0.05, 0) is 10.6 Å². The lowest BCUT2D eigenvalue weighted by atomic mass is 10.2. The second-order valence-corrected chi connectivity index (χ2v) is 1.84. The molecule has 56 valence electrons. The molecule has 0 radical (unpaired) electrons. The molecule has 0 bridgehead atoms. The van der Waals surface area contributed by atoms with Gasteiger partial charge >= 0.3 is 0 Å². The van der Waals surface area contributed by atoms with Gasteiger partial charge in [-0.25, -0.2) is 0 Å². The number of nitriles is 2. The third kappa shape index (κ3) is 1.06. The molecule has 1 aromatic heterocycles. The van der Waals surface area contributed by atoms with E-state index in [-0.39, 0.29) is 16.9 Å². The Balaban J connectivity index is 3.37. The molecule has 0 spiro atoms. The standard InChI is InChI=1S/C6H2N6/c7-1-4-3-10-6(11-12-9)5(4)2-8/h3,10H. The Morgan fingerprint density at radius 1 is 1.50 bits per heavy atom. The zero-order valence-corrected chi connectivity index (χ0v) is 5.81. The quantitative estimate of drug-likeness (QED) is 0.380. The Labute approximate surface area is 67.3 Å². The lowest BCUT2D eigenvalue weighted by molar-refractivity contribution is 1.31. The summed E-state index contributed by atoms with van der Waals surface area (Å²) in [5.41, 5.74) is 8.33. The van der Waals surface area contributed by atoms with Gasteiger partial charge in [0, 0.05) is 11.1 Å². The fraction of sp³-hybridized carbons (Fsp3) is 0. The highest BCUT2D eigenvalue weighted by molar-refractivity contribution is 5.57. The normalized spacial score (nSPS) is 7.83. The molecule has 12 heavy (non-hydrogen) atoms. The minimum Gasteiger partial charge on any atom is -0.357 e. The second kappa shape index (κ2) is 3.11. The first-order valence-electron chi connectivity index (χ1n) is 2.90. The molecule has 0 fully saturated rings. The van der Waals surface area contributed by atoms with Gasteiger partial charge in [0.1, 0.15) is 18.0 Å². The van der Waals surface area contributed by atoms with Gasteiger partial charge in [-0.2, -0.15) is 10.5 Å². The van der Waals surface area contributed by atoms with E-state index in [2.05, 4.69) is 15.0 Å². The van der Waals surface area contributed by atoms with Gasteiger partial charge in [0.15, 0.2) is 0 Å². The zero-order valence-electron chi connectivity index (χ0n) is 5.81. The molecule has 0 unspecified atom stereocenters. The predicted octanol–water partition coefficient (Wildman–Crippen LogP) is 1.70. The zero-order chi connectivity index (χ0) is 8.97. The summed E-state index contributed by atoms with van der Waals surface area (Å²) < 4.78 is 0. The third-order valence-corrected chi connectivity index (χ3v) is 1.24. The SMILES string of the molecule is N#Cc1c[nH]c(N=[N+]=[N-])c1C#N. The maximum absolute atomic E-state index is 8.54. The van der Waals surface area contributed by atoms with Crippen molar-refractivity contribution >= 4 is 5.82 Å². The number of nitrogens with zero attached hydrogens (tertiary/aromatic N) is 5. The summed E-state index contributed by atoms with van der Waals surface area (Å²) in [6.07, 6.45) is 1.32. The van der Waals surface area contributed by atoms with Gasteiger partial charge in [-0.1, -0.05) is 0 Å². The molecule has 0 amide bonds. The van der Waals surface area contributed by atoms with E-state index in [0.29, 0.717) is 0 Å². The van der Waals surface area contributed by atoms with Crippen molar-refractivity contribution < 1.29 is 0 Å². The first-order chi connectivity index (χ1) is 5.83. The third-order valence-electron chi connectivity index (χ3n) is 1.24. The lowest BCUT2D eigenvalue weighted by Gasteiger charge is -1.82. The van der Waals surface area contributed by atoms with Crippen LogP contribution in [0.2, 0.25) is 0 Å². The van der Waals surface area contributed by atoms with Crippen LogP contribution >= 0.6 is 0 Å². The summed E-state index contributed by atoms with van der Waals surface area (Å²) >= 11 is 0. The fourth-order valence-corrected chi connectivity index (χ4v) is 0.737. The molecule has 0 aliphatic carbocycles. The van der Waals surface area contributed by atoms with Crippen LogP contribution < -0.4 is 0 Å². The van der Waals surface area contributed by atoms with Crippen molar-refractivity contribution in [1.29, 1.82) is 10.5 Å². The first kappa shape index (κ1) is 7.67. The van der Waals surface area contributed by atoms with Crippen LogP contribution in [-0.4, -0.2) is 4.98 Å². The Bertz CT molecular complexity index is 422. The number of hydrogen-bond acceptors (Lipinski definition) is 3. The van der Waals surface area contributed by atoms with E-state index < -0.39 is 0 Å². The number of H-pyrrole nitrogens is 1. The lowest BCUT2D eigenvalue weighted by Crippen LogP contribution is -1.73. The maximum Gasteiger partial charge on any atom is 0.121 e. The first-order valence-corrected chi connectivity index (χ1v) is 2.90. The highest BCUT2D eigenvalue weighted by Gasteiger charge is 2.07. The molecule has 0 atom stereocenters. The van der Waals surface area contributed by atoms with Crippen molar-refractivity contribution in [2.75, 3.05) is 0 Å². The molecule has 6 nitrogen and oxygen atoms in total. The average molecular weight is 158 g/mol. The van der Waals surface area contributed by atoms with Gasteiger partial charge in [-0.3, -0.25) is 0 Å².